The fourth-order valence-electron chi connectivity index (χ4n) is 2.98. The summed E-state index contributed by atoms with van der Waals surface area (Å²) < 4.78 is 26.9. The first-order valence-electron chi connectivity index (χ1n) is 7.96. The van der Waals surface area contributed by atoms with Crippen molar-refractivity contribution in [1.82, 2.24) is 9.55 Å². The van der Waals surface area contributed by atoms with Crippen molar-refractivity contribution in [1.29, 1.82) is 0 Å². The molecule has 0 radical (unpaired) electrons. The number of nitrogens with zero attached hydrogens (tertiary/aromatic N) is 3. The lowest BCUT2D eigenvalue weighted by molar-refractivity contribution is -0.384. The van der Waals surface area contributed by atoms with Gasteiger partial charge in [0.1, 0.15) is 0 Å². The summed E-state index contributed by atoms with van der Waals surface area (Å²) in [6.45, 7) is 3.64. The van der Waals surface area contributed by atoms with Gasteiger partial charge in [0.25, 0.3) is 11.2 Å². The van der Waals surface area contributed by atoms with E-state index in [2.05, 4.69) is 4.98 Å². The van der Waals surface area contributed by atoms with Crippen molar-refractivity contribution >= 4 is 27.3 Å². The van der Waals surface area contributed by atoms with Crippen molar-refractivity contribution in [2.24, 2.45) is 0 Å². The van der Waals surface area contributed by atoms with E-state index in [1.54, 1.807) is 6.92 Å². The first-order chi connectivity index (χ1) is 12.2. The van der Waals surface area contributed by atoms with E-state index in [1.807, 2.05) is 6.92 Å². The molecule has 0 amide bonds. The Balaban J connectivity index is 1.94. The number of hydrogen-bond acceptors (Lipinski definition) is 7. The summed E-state index contributed by atoms with van der Waals surface area (Å²) in [6, 6.07) is 4.27. The third-order valence-electron chi connectivity index (χ3n) is 4.33. The zero-order valence-electron chi connectivity index (χ0n) is 14.2. The molecule has 8 nitrogen and oxygen atoms in total. The number of benzene rings is 1. The van der Waals surface area contributed by atoms with Crippen LogP contribution in [0.25, 0.3) is 0 Å². The summed E-state index contributed by atoms with van der Waals surface area (Å²) in [4.78, 5) is 27.3. The fraction of sp³-hybridized carbons (Fsp3) is 0.375. The van der Waals surface area contributed by atoms with Crippen LogP contribution in [0.1, 0.15) is 24.2 Å². The van der Waals surface area contributed by atoms with E-state index in [9.17, 15) is 23.3 Å². The van der Waals surface area contributed by atoms with Crippen LogP contribution in [0.15, 0.2) is 39.1 Å². The lowest BCUT2D eigenvalue weighted by Crippen LogP contribution is -2.31. The first kappa shape index (κ1) is 18.6. The third-order valence-corrected chi connectivity index (χ3v) is 7.24. The van der Waals surface area contributed by atoms with Gasteiger partial charge in [0.2, 0.25) is 0 Å². The maximum Gasteiger partial charge on any atom is 0.269 e. The Morgan fingerprint density at radius 1 is 1.35 bits per heavy atom. The molecule has 1 aliphatic heterocycles. The lowest BCUT2D eigenvalue weighted by Gasteiger charge is -2.15. The molecule has 10 heteroatoms. The van der Waals surface area contributed by atoms with Crippen LogP contribution >= 0.6 is 11.8 Å². The molecule has 0 fully saturated rings. The Labute approximate surface area is 154 Å². The molecule has 0 aliphatic carbocycles. The number of aromatic nitrogens is 2. The summed E-state index contributed by atoms with van der Waals surface area (Å²) in [5.74, 6) is 0.194. The zero-order chi connectivity index (χ0) is 19.1. The molecule has 0 bridgehead atoms. The number of aryl methyl sites for hydroxylation is 1. The number of hydrogen-bond donors (Lipinski definition) is 0. The molecule has 0 N–H and O–H groups in total. The van der Waals surface area contributed by atoms with Gasteiger partial charge in [-0.2, -0.15) is 0 Å². The van der Waals surface area contributed by atoms with Crippen molar-refractivity contribution in [3.8, 4) is 0 Å². The van der Waals surface area contributed by atoms with Crippen molar-refractivity contribution in [3.05, 3.63) is 56.0 Å². The smallest absolute Gasteiger partial charge is 0.269 e. The van der Waals surface area contributed by atoms with E-state index in [0.717, 1.165) is 12.1 Å². The maximum atomic E-state index is 12.7. The zero-order valence-corrected chi connectivity index (χ0v) is 15.8. The van der Waals surface area contributed by atoms with Gasteiger partial charge < -0.3 is 0 Å². The van der Waals surface area contributed by atoms with Crippen molar-refractivity contribution in [2.75, 3.05) is 11.5 Å². The highest BCUT2D eigenvalue weighted by Crippen LogP contribution is 2.32. The molecule has 0 saturated heterocycles. The molecule has 0 spiro atoms. The molecule has 1 aromatic heterocycles. The largest absolute Gasteiger partial charge is 0.282 e. The van der Waals surface area contributed by atoms with Gasteiger partial charge in [-0.15, -0.1) is 0 Å². The average molecular weight is 395 g/mol. The summed E-state index contributed by atoms with van der Waals surface area (Å²) in [5.41, 5.74) is 0.905. The highest BCUT2D eigenvalue weighted by molar-refractivity contribution is 7.99. The summed E-state index contributed by atoms with van der Waals surface area (Å²) in [5, 5.41) is 11.2. The van der Waals surface area contributed by atoms with Gasteiger partial charge in [-0.3, -0.25) is 19.5 Å². The predicted octanol–water partition coefficient (Wildman–Crippen LogP) is 2.14. The van der Waals surface area contributed by atoms with Gasteiger partial charge in [-0.25, -0.2) is 13.4 Å². The molecule has 2 aromatic rings. The Bertz CT molecular complexity index is 1030. The Hall–Kier alpha value is -2.20. The second-order valence-electron chi connectivity index (χ2n) is 5.98. The fourth-order valence-corrected chi connectivity index (χ4v) is 5.82. The Morgan fingerprint density at radius 3 is 2.58 bits per heavy atom. The third kappa shape index (κ3) is 3.26. The maximum absolute atomic E-state index is 12.7. The van der Waals surface area contributed by atoms with Gasteiger partial charge in [0.05, 0.1) is 21.6 Å². The standard InChI is InChI=1S/C16H17N3O5S2/c1-3-14-10(2)17-16-18(15(14)20)12(8-25-16)9-26(23,24)13-6-4-11(5-7-13)19(21)22/h4-7,12H,3,8-9H2,1-2H3. The highest BCUT2D eigenvalue weighted by Gasteiger charge is 2.31. The van der Waals surface area contributed by atoms with E-state index in [4.69, 9.17) is 0 Å². The van der Waals surface area contributed by atoms with Gasteiger partial charge in [-0.1, -0.05) is 18.7 Å². The van der Waals surface area contributed by atoms with Crippen molar-refractivity contribution in [3.63, 3.8) is 0 Å². The number of sulfone groups is 1. The van der Waals surface area contributed by atoms with Crippen LogP contribution in [-0.4, -0.2) is 34.4 Å². The molecule has 138 valence electrons. The predicted molar refractivity (Wildman–Crippen MR) is 97.5 cm³/mol. The van der Waals surface area contributed by atoms with Crippen LogP contribution in [-0.2, 0) is 16.3 Å². The molecule has 1 atom stereocenters. The van der Waals surface area contributed by atoms with Crippen molar-refractivity contribution in [2.45, 2.75) is 36.4 Å². The molecule has 0 saturated carbocycles. The van der Waals surface area contributed by atoms with E-state index < -0.39 is 20.8 Å². The Kier molecular flexibility index (Phi) is 4.89. The number of thioether (sulfide) groups is 1. The van der Waals surface area contributed by atoms with Crippen LogP contribution in [0.4, 0.5) is 5.69 Å². The van der Waals surface area contributed by atoms with Crippen LogP contribution in [0.3, 0.4) is 0 Å². The van der Waals surface area contributed by atoms with Gasteiger partial charge in [-0.05, 0) is 25.5 Å². The topological polar surface area (TPSA) is 112 Å². The minimum Gasteiger partial charge on any atom is -0.282 e. The molecule has 3 rings (SSSR count). The molecular formula is C16H17N3O5S2. The quantitative estimate of drug-likeness (QED) is 0.433. The van der Waals surface area contributed by atoms with Crippen LogP contribution in [0.2, 0.25) is 0 Å². The number of rotatable bonds is 5. The van der Waals surface area contributed by atoms with E-state index >= 15 is 0 Å². The monoisotopic (exact) mass is 395 g/mol. The number of nitro groups is 1. The molecule has 1 unspecified atom stereocenters. The van der Waals surface area contributed by atoms with Crippen LogP contribution in [0.5, 0.6) is 0 Å². The van der Waals surface area contributed by atoms with E-state index in [0.29, 0.717) is 28.6 Å². The van der Waals surface area contributed by atoms with Gasteiger partial charge in [0.15, 0.2) is 15.0 Å². The number of nitro benzene ring substituents is 1. The molecular weight excluding hydrogens is 378 g/mol. The molecule has 1 aliphatic rings. The summed E-state index contributed by atoms with van der Waals surface area (Å²) >= 11 is 1.36. The van der Waals surface area contributed by atoms with Crippen LogP contribution in [0, 0.1) is 17.0 Å². The second kappa shape index (κ2) is 6.84. The molecule has 2 heterocycles. The number of non-ortho nitro benzene ring substituents is 1. The van der Waals surface area contributed by atoms with Gasteiger partial charge in [0, 0.05) is 29.1 Å². The highest BCUT2D eigenvalue weighted by atomic mass is 32.2. The first-order valence-corrected chi connectivity index (χ1v) is 10.6. The second-order valence-corrected chi connectivity index (χ2v) is 9.01. The minimum atomic E-state index is -3.70. The van der Waals surface area contributed by atoms with Gasteiger partial charge >= 0.3 is 0 Å². The SMILES string of the molecule is CCc1c(C)nc2n(c1=O)C(CS(=O)(=O)c1ccc([N+](=O)[O-])cc1)CS2. The van der Waals surface area contributed by atoms with E-state index in [1.165, 1.54) is 28.5 Å². The van der Waals surface area contributed by atoms with Crippen molar-refractivity contribution < 1.29 is 13.3 Å². The summed E-state index contributed by atoms with van der Waals surface area (Å²) in [6.07, 6.45) is 0.532. The normalized spacial score (nSPS) is 16.5. The minimum absolute atomic E-state index is 0.00499. The molecule has 1 aromatic carbocycles. The van der Waals surface area contributed by atoms with E-state index in [-0.39, 0.29) is 21.9 Å². The summed E-state index contributed by atoms with van der Waals surface area (Å²) in [7, 11) is -3.70. The van der Waals surface area contributed by atoms with Crippen LogP contribution < -0.4 is 5.56 Å². The Morgan fingerprint density at radius 2 is 2.00 bits per heavy atom. The number of fused-ring (bicyclic) bond motifs is 1. The lowest BCUT2D eigenvalue weighted by atomic mass is 10.2. The molecule has 26 heavy (non-hydrogen) atoms. The average Bonchev–Trinajstić information content (AvgIpc) is 2.97.